The number of anilines is 2. The molecule has 1 N–H and O–H groups in total. The molecule has 1 saturated heterocycles. The van der Waals surface area contributed by atoms with Crippen LogP contribution in [0.4, 0.5) is 16.3 Å². The molecule has 1 aromatic carbocycles. The van der Waals surface area contributed by atoms with Crippen LogP contribution in [0.2, 0.25) is 5.02 Å². The number of nitrogens with one attached hydrogen (secondary N) is 1. The standard InChI is InChI=1S/C18H20ClN5O3/c1-2-27-18(26)24-8-6-23(7-9-24)17(25)15-11-16(21-12-20-15)22-14-5-3-4-13(19)10-14/h3-5,10-12H,2,6-9H2,1H3,(H,20,21,22). The van der Waals surface area contributed by atoms with Crippen LogP contribution in [0.25, 0.3) is 0 Å². The fraction of sp³-hybridized carbons (Fsp3) is 0.333. The summed E-state index contributed by atoms with van der Waals surface area (Å²) >= 11 is 5.98. The van der Waals surface area contributed by atoms with E-state index in [9.17, 15) is 9.59 Å². The highest BCUT2D eigenvalue weighted by molar-refractivity contribution is 6.30. The maximum atomic E-state index is 12.7. The van der Waals surface area contributed by atoms with E-state index in [1.807, 2.05) is 12.1 Å². The number of hydrogen-bond acceptors (Lipinski definition) is 6. The molecular weight excluding hydrogens is 370 g/mol. The molecule has 0 bridgehead atoms. The molecule has 0 unspecified atom stereocenters. The van der Waals surface area contributed by atoms with Crippen molar-refractivity contribution in [1.82, 2.24) is 19.8 Å². The zero-order valence-electron chi connectivity index (χ0n) is 14.9. The third-order valence-corrected chi connectivity index (χ3v) is 4.31. The van der Waals surface area contributed by atoms with Gasteiger partial charge >= 0.3 is 6.09 Å². The number of benzene rings is 1. The fourth-order valence-electron chi connectivity index (χ4n) is 2.73. The average Bonchev–Trinajstić information content (AvgIpc) is 2.68. The average molecular weight is 390 g/mol. The summed E-state index contributed by atoms with van der Waals surface area (Å²) in [7, 11) is 0. The molecule has 1 aliphatic rings. The van der Waals surface area contributed by atoms with Crippen molar-refractivity contribution in [1.29, 1.82) is 0 Å². The predicted molar refractivity (Wildman–Crippen MR) is 101 cm³/mol. The van der Waals surface area contributed by atoms with Crippen molar-refractivity contribution in [3.63, 3.8) is 0 Å². The number of rotatable bonds is 4. The molecule has 142 valence electrons. The molecule has 2 amide bonds. The number of nitrogens with zero attached hydrogens (tertiary/aromatic N) is 4. The number of halogens is 1. The minimum Gasteiger partial charge on any atom is -0.450 e. The Morgan fingerprint density at radius 3 is 2.59 bits per heavy atom. The van der Waals surface area contributed by atoms with E-state index < -0.39 is 0 Å². The highest BCUT2D eigenvalue weighted by atomic mass is 35.5. The van der Waals surface area contributed by atoms with Crippen molar-refractivity contribution in [3.05, 3.63) is 47.4 Å². The van der Waals surface area contributed by atoms with Crippen LogP contribution in [0, 0.1) is 0 Å². The quantitative estimate of drug-likeness (QED) is 0.865. The molecule has 2 heterocycles. The van der Waals surface area contributed by atoms with Crippen LogP contribution in [-0.4, -0.2) is 64.6 Å². The van der Waals surface area contributed by atoms with E-state index in [-0.39, 0.29) is 12.0 Å². The van der Waals surface area contributed by atoms with Gasteiger partial charge in [-0.15, -0.1) is 0 Å². The lowest BCUT2D eigenvalue weighted by atomic mass is 10.2. The molecule has 1 aromatic heterocycles. The van der Waals surface area contributed by atoms with Crippen LogP contribution in [0.5, 0.6) is 0 Å². The summed E-state index contributed by atoms with van der Waals surface area (Å²) in [5, 5.41) is 3.70. The van der Waals surface area contributed by atoms with Gasteiger partial charge in [-0.3, -0.25) is 4.79 Å². The Morgan fingerprint density at radius 1 is 1.15 bits per heavy atom. The molecule has 1 aliphatic heterocycles. The Hall–Kier alpha value is -2.87. The molecule has 0 saturated carbocycles. The van der Waals surface area contributed by atoms with Gasteiger partial charge in [-0.25, -0.2) is 14.8 Å². The zero-order chi connectivity index (χ0) is 19.2. The monoisotopic (exact) mass is 389 g/mol. The van der Waals surface area contributed by atoms with E-state index in [1.165, 1.54) is 6.33 Å². The topological polar surface area (TPSA) is 87.7 Å². The largest absolute Gasteiger partial charge is 0.450 e. The minimum absolute atomic E-state index is 0.199. The Labute approximate surface area is 162 Å². The third-order valence-electron chi connectivity index (χ3n) is 4.08. The lowest BCUT2D eigenvalue weighted by Gasteiger charge is -2.33. The molecule has 3 rings (SSSR count). The van der Waals surface area contributed by atoms with Crippen LogP contribution in [0.3, 0.4) is 0 Å². The van der Waals surface area contributed by atoms with Gasteiger partial charge in [-0.1, -0.05) is 17.7 Å². The molecular formula is C18H20ClN5O3. The number of carbonyl (C=O) groups excluding carboxylic acids is 2. The highest BCUT2D eigenvalue weighted by Gasteiger charge is 2.26. The second-order valence-corrected chi connectivity index (χ2v) is 6.34. The lowest BCUT2D eigenvalue weighted by Crippen LogP contribution is -2.50. The summed E-state index contributed by atoms with van der Waals surface area (Å²) in [6.07, 6.45) is 0.995. The number of aromatic nitrogens is 2. The molecule has 0 radical (unpaired) electrons. The number of amides is 2. The first kappa shape index (κ1) is 18.9. The summed E-state index contributed by atoms with van der Waals surface area (Å²) in [5.74, 6) is 0.302. The Kier molecular flexibility index (Phi) is 6.08. The van der Waals surface area contributed by atoms with Crippen molar-refractivity contribution in [2.24, 2.45) is 0 Å². The highest BCUT2D eigenvalue weighted by Crippen LogP contribution is 2.19. The molecule has 8 nitrogen and oxygen atoms in total. The number of carbonyl (C=O) groups is 2. The van der Waals surface area contributed by atoms with E-state index in [0.717, 1.165) is 5.69 Å². The van der Waals surface area contributed by atoms with E-state index in [1.54, 1.807) is 34.9 Å². The summed E-state index contributed by atoms with van der Waals surface area (Å²) in [4.78, 5) is 36.0. The molecule has 1 fully saturated rings. The van der Waals surface area contributed by atoms with Crippen LogP contribution >= 0.6 is 11.6 Å². The van der Waals surface area contributed by atoms with Gasteiger partial charge in [0.2, 0.25) is 0 Å². The van der Waals surface area contributed by atoms with Crippen molar-refractivity contribution >= 4 is 35.1 Å². The van der Waals surface area contributed by atoms with Crippen molar-refractivity contribution < 1.29 is 14.3 Å². The van der Waals surface area contributed by atoms with E-state index >= 15 is 0 Å². The minimum atomic E-state index is -0.348. The summed E-state index contributed by atoms with van der Waals surface area (Å²) in [6.45, 7) is 3.83. The van der Waals surface area contributed by atoms with Gasteiger partial charge in [0.15, 0.2) is 0 Å². The second-order valence-electron chi connectivity index (χ2n) is 5.90. The van der Waals surface area contributed by atoms with Crippen molar-refractivity contribution in [2.45, 2.75) is 6.92 Å². The number of piperazine rings is 1. The Balaban J connectivity index is 1.63. The van der Waals surface area contributed by atoms with Gasteiger partial charge in [0.25, 0.3) is 5.91 Å². The lowest BCUT2D eigenvalue weighted by molar-refractivity contribution is 0.0566. The molecule has 2 aromatic rings. The normalized spacial score (nSPS) is 14.0. The smallest absolute Gasteiger partial charge is 0.409 e. The fourth-order valence-corrected chi connectivity index (χ4v) is 2.92. The van der Waals surface area contributed by atoms with E-state index in [2.05, 4.69) is 15.3 Å². The zero-order valence-corrected chi connectivity index (χ0v) is 15.6. The molecule has 0 aliphatic carbocycles. The van der Waals surface area contributed by atoms with Gasteiger partial charge in [0.1, 0.15) is 17.8 Å². The molecule has 0 atom stereocenters. The van der Waals surface area contributed by atoms with Crippen LogP contribution in [-0.2, 0) is 4.74 Å². The SMILES string of the molecule is CCOC(=O)N1CCN(C(=O)c2cc(Nc3cccc(Cl)c3)ncn2)CC1. The molecule has 0 spiro atoms. The Morgan fingerprint density at radius 2 is 1.89 bits per heavy atom. The van der Waals surface area contributed by atoms with Gasteiger partial charge in [0.05, 0.1) is 6.61 Å². The third kappa shape index (κ3) is 4.85. The van der Waals surface area contributed by atoms with Crippen molar-refractivity contribution in [3.8, 4) is 0 Å². The van der Waals surface area contributed by atoms with Crippen LogP contribution in [0.1, 0.15) is 17.4 Å². The first-order chi connectivity index (χ1) is 13.1. The maximum Gasteiger partial charge on any atom is 0.409 e. The number of ether oxygens (including phenoxy) is 1. The summed E-state index contributed by atoms with van der Waals surface area (Å²) < 4.78 is 4.99. The van der Waals surface area contributed by atoms with E-state index in [4.69, 9.17) is 16.3 Å². The first-order valence-electron chi connectivity index (χ1n) is 8.62. The van der Waals surface area contributed by atoms with Gasteiger partial charge < -0.3 is 19.9 Å². The van der Waals surface area contributed by atoms with Crippen LogP contribution in [0.15, 0.2) is 36.7 Å². The second kappa shape index (κ2) is 8.68. The maximum absolute atomic E-state index is 12.7. The molecule has 9 heteroatoms. The Bertz CT molecular complexity index is 824. The molecule has 27 heavy (non-hydrogen) atoms. The van der Waals surface area contributed by atoms with Crippen LogP contribution < -0.4 is 5.32 Å². The predicted octanol–water partition coefficient (Wildman–Crippen LogP) is 2.79. The van der Waals surface area contributed by atoms with Gasteiger partial charge in [0, 0.05) is 43.0 Å². The number of hydrogen-bond donors (Lipinski definition) is 1. The summed E-state index contributed by atoms with van der Waals surface area (Å²) in [5.41, 5.74) is 1.06. The first-order valence-corrected chi connectivity index (χ1v) is 9.00. The van der Waals surface area contributed by atoms with E-state index in [0.29, 0.717) is 49.3 Å². The van der Waals surface area contributed by atoms with Gasteiger partial charge in [-0.2, -0.15) is 0 Å². The summed E-state index contributed by atoms with van der Waals surface area (Å²) in [6, 6.07) is 8.81. The van der Waals surface area contributed by atoms with Gasteiger partial charge in [-0.05, 0) is 25.1 Å². The van der Waals surface area contributed by atoms with Crippen molar-refractivity contribution in [2.75, 3.05) is 38.1 Å².